The lowest BCUT2D eigenvalue weighted by atomic mass is 10.1. The van der Waals surface area contributed by atoms with Crippen molar-refractivity contribution in [2.24, 2.45) is 0 Å². The van der Waals surface area contributed by atoms with Crippen LogP contribution in [0.15, 0.2) is 43.0 Å². The van der Waals surface area contributed by atoms with E-state index in [0.717, 1.165) is 29.8 Å². The third-order valence-electron chi connectivity index (χ3n) is 3.52. The van der Waals surface area contributed by atoms with Crippen LogP contribution < -0.4 is 0 Å². The Labute approximate surface area is 123 Å². The fourth-order valence-electron chi connectivity index (χ4n) is 2.53. The Balaban J connectivity index is 1.94. The number of benzene rings is 1. The molecule has 5 heteroatoms. The molecule has 21 heavy (non-hydrogen) atoms. The second kappa shape index (κ2) is 6.01. The standard InChI is InChI=1S/C16H18N4O/c1-2-7-20-14-6-4-3-5-13(14)19-16(20)8-15(21)12-9-17-11-18-10-12/h3-6,9-11,15,21H,2,7-8H2,1H3. The predicted molar refractivity (Wildman–Crippen MR) is 80.7 cm³/mol. The smallest absolute Gasteiger partial charge is 0.115 e. The van der Waals surface area contributed by atoms with E-state index >= 15 is 0 Å². The first-order valence-corrected chi connectivity index (χ1v) is 7.16. The van der Waals surface area contributed by atoms with Crippen LogP contribution in [0, 0.1) is 0 Å². The maximum atomic E-state index is 10.4. The van der Waals surface area contributed by atoms with Crippen molar-refractivity contribution in [1.29, 1.82) is 0 Å². The summed E-state index contributed by atoms with van der Waals surface area (Å²) in [5, 5.41) is 10.4. The third kappa shape index (κ3) is 2.78. The highest BCUT2D eigenvalue weighted by atomic mass is 16.3. The van der Waals surface area contributed by atoms with E-state index < -0.39 is 6.10 Å². The van der Waals surface area contributed by atoms with Crippen LogP contribution >= 0.6 is 0 Å². The Hall–Kier alpha value is -2.27. The molecule has 0 bridgehead atoms. The molecule has 0 aliphatic heterocycles. The number of imidazole rings is 1. The lowest BCUT2D eigenvalue weighted by molar-refractivity contribution is 0.173. The summed E-state index contributed by atoms with van der Waals surface area (Å²) in [6.45, 7) is 3.04. The number of aliphatic hydroxyl groups is 1. The minimum absolute atomic E-state index is 0.460. The Kier molecular flexibility index (Phi) is 3.92. The molecule has 0 radical (unpaired) electrons. The molecule has 1 unspecified atom stereocenters. The molecular weight excluding hydrogens is 264 g/mol. The van der Waals surface area contributed by atoms with Crippen LogP contribution in [0.2, 0.25) is 0 Å². The van der Waals surface area contributed by atoms with Gasteiger partial charge in [-0.05, 0) is 18.6 Å². The molecular formula is C16H18N4O. The van der Waals surface area contributed by atoms with Crippen molar-refractivity contribution in [3.05, 3.63) is 54.4 Å². The van der Waals surface area contributed by atoms with Gasteiger partial charge in [-0.2, -0.15) is 0 Å². The number of para-hydroxylation sites is 2. The molecule has 0 fully saturated rings. The summed E-state index contributed by atoms with van der Waals surface area (Å²) in [5.41, 5.74) is 2.80. The molecule has 108 valence electrons. The van der Waals surface area contributed by atoms with Crippen LogP contribution in [-0.4, -0.2) is 24.6 Å². The van der Waals surface area contributed by atoms with Gasteiger partial charge >= 0.3 is 0 Å². The zero-order valence-corrected chi connectivity index (χ0v) is 12.0. The molecule has 2 aromatic heterocycles. The Morgan fingerprint density at radius 2 is 1.95 bits per heavy atom. The molecule has 1 aromatic carbocycles. The van der Waals surface area contributed by atoms with Crippen molar-refractivity contribution < 1.29 is 5.11 Å². The molecule has 1 atom stereocenters. The van der Waals surface area contributed by atoms with E-state index in [-0.39, 0.29) is 0 Å². The van der Waals surface area contributed by atoms with Crippen LogP contribution in [-0.2, 0) is 13.0 Å². The fourth-order valence-corrected chi connectivity index (χ4v) is 2.53. The van der Waals surface area contributed by atoms with Crippen molar-refractivity contribution in [3.63, 3.8) is 0 Å². The van der Waals surface area contributed by atoms with E-state index in [0.29, 0.717) is 12.0 Å². The fraction of sp³-hybridized carbons (Fsp3) is 0.312. The van der Waals surface area contributed by atoms with Gasteiger partial charge in [0.1, 0.15) is 12.2 Å². The number of aliphatic hydroxyl groups excluding tert-OH is 1. The third-order valence-corrected chi connectivity index (χ3v) is 3.52. The number of nitrogens with zero attached hydrogens (tertiary/aromatic N) is 4. The van der Waals surface area contributed by atoms with Gasteiger partial charge in [-0.25, -0.2) is 15.0 Å². The van der Waals surface area contributed by atoms with Crippen LogP contribution in [0.5, 0.6) is 0 Å². The predicted octanol–water partition coefficient (Wildman–Crippen LogP) is 2.51. The summed E-state index contributed by atoms with van der Waals surface area (Å²) < 4.78 is 2.18. The van der Waals surface area contributed by atoms with Gasteiger partial charge in [0.05, 0.1) is 17.1 Å². The van der Waals surface area contributed by atoms with Crippen LogP contribution in [0.25, 0.3) is 11.0 Å². The molecule has 0 spiro atoms. The van der Waals surface area contributed by atoms with Gasteiger partial charge in [-0.15, -0.1) is 0 Å². The van der Waals surface area contributed by atoms with E-state index in [1.165, 1.54) is 6.33 Å². The molecule has 3 aromatic rings. The average molecular weight is 282 g/mol. The first-order chi connectivity index (χ1) is 10.3. The van der Waals surface area contributed by atoms with Crippen molar-refractivity contribution in [2.45, 2.75) is 32.4 Å². The van der Waals surface area contributed by atoms with Gasteiger partial charge in [-0.3, -0.25) is 0 Å². The molecule has 3 rings (SSSR count). The summed E-state index contributed by atoms with van der Waals surface area (Å²) in [5.74, 6) is 0.898. The van der Waals surface area contributed by atoms with E-state index in [1.807, 2.05) is 18.2 Å². The van der Waals surface area contributed by atoms with Crippen molar-refractivity contribution in [1.82, 2.24) is 19.5 Å². The number of aromatic nitrogens is 4. The summed E-state index contributed by atoms with van der Waals surface area (Å²) in [4.78, 5) is 12.6. The highest BCUT2D eigenvalue weighted by Crippen LogP contribution is 2.21. The van der Waals surface area contributed by atoms with E-state index in [9.17, 15) is 5.11 Å². The largest absolute Gasteiger partial charge is 0.388 e. The SMILES string of the molecule is CCCn1c(CC(O)c2cncnc2)nc2ccccc21. The first kappa shape index (κ1) is 13.7. The van der Waals surface area contributed by atoms with Crippen molar-refractivity contribution in [3.8, 4) is 0 Å². The van der Waals surface area contributed by atoms with Gasteiger partial charge in [-0.1, -0.05) is 19.1 Å². The van der Waals surface area contributed by atoms with Gasteiger partial charge in [0, 0.05) is 30.9 Å². The highest BCUT2D eigenvalue weighted by molar-refractivity contribution is 5.75. The van der Waals surface area contributed by atoms with Crippen molar-refractivity contribution in [2.75, 3.05) is 0 Å². The molecule has 0 amide bonds. The number of hydrogen-bond donors (Lipinski definition) is 1. The highest BCUT2D eigenvalue weighted by Gasteiger charge is 2.15. The average Bonchev–Trinajstić information content (AvgIpc) is 2.86. The van der Waals surface area contributed by atoms with E-state index in [4.69, 9.17) is 0 Å². The maximum absolute atomic E-state index is 10.4. The second-order valence-electron chi connectivity index (χ2n) is 5.06. The summed E-state index contributed by atoms with van der Waals surface area (Å²) in [6.07, 6.45) is 5.59. The topological polar surface area (TPSA) is 63.8 Å². The van der Waals surface area contributed by atoms with Crippen molar-refractivity contribution >= 4 is 11.0 Å². The van der Waals surface area contributed by atoms with Crippen LogP contribution in [0.1, 0.15) is 30.8 Å². The maximum Gasteiger partial charge on any atom is 0.115 e. The zero-order chi connectivity index (χ0) is 14.7. The zero-order valence-electron chi connectivity index (χ0n) is 12.0. The number of fused-ring (bicyclic) bond motifs is 1. The number of hydrogen-bond acceptors (Lipinski definition) is 4. The minimum Gasteiger partial charge on any atom is -0.388 e. The van der Waals surface area contributed by atoms with Crippen LogP contribution in [0.3, 0.4) is 0 Å². The summed E-state index contributed by atoms with van der Waals surface area (Å²) in [7, 11) is 0. The summed E-state index contributed by atoms with van der Waals surface area (Å²) in [6, 6.07) is 8.07. The molecule has 0 aliphatic carbocycles. The normalized spacial score (nSPS) is 12.7. The number of rotatable bonds is 5. The lowest BCUT2D eigenvalue weighted by Crippen LogP contribution is -2.09. The molecule has 5 nitrogen and oxygen atoms in total. The van der Waals surface area contributed by atoms with E-state index in [1.54, 1.807) is 12.4 Å². The molecule has 2 heterocycles. The van der Waals surface area contributed by atoms with Crippen LogP contribution in [0.4, 0.5) is 0 Å². The Morgan fingerprint density at radius 3 is 2.71 bits per heavy atom. The minimum atomic E-state index is -0.640. The molecule has 0 aliphatic rings. The Bertz CT molecular complexity index is 723. The van der Waals surface area contributed by atoms with Gasteiger partial charge < -0.3 is 9.67 Å². The first-order valence-electron chi connectivity index (χ1n) is 7.16. The Morgan fingerprint density at radius 1 is 1.19 bits per heavy atom. The quantitative estimate of drug-likeness (QED) is 0.781. The van der Waals surface area contributed by atoms with Gasteiger partial charge in [0.25, 0.3) is 0 Å². The lowest BCUT2D eigenvalue weighted by Gasteiger charge is -2.12. The molecule has 0 saturated heterocycles. The summed E-state index contributed by atoms with van der Waals surface area (Å²) >= 11 is 0. The monoisotopic (exact) mass is 282 g/mol. The number of aryl methyl sites for hydroxylation is 1. The van der Waals surface area contributed by atoms with E-state index in [2.05, 4.69) is 32.5 Å². The molecule has 0 saturated carbocycles. The molecule has 1 N–H and O–H groups in total. The second-order valence-corrected chi connectivity index (χ2v) is 5.06. The van der Waals surface area contributed by atoms with Gasteiger partial charge in [0.2, 0.25) is 0 Å². The van der Waals surface area contributed by atoms with Gasteiger partial charge in [0.15, 0.2) is 0 Å².